The Morgan fingerprint density at radius 1 is 1.15 bits per heavy atom. The van der Waals surface area contributed by atoms with E-state index in [0.29, 0.717) is 17.6 Å². The fourth-order valence-electron chi connectivity index (χ4n) is 2.74. The molecule has 142 valence electrons. The first-order chi connectivity index (χ1) is 13.3. The first-order valence-corrected chi connectivity index (χ1v) is 9.13. The third kappa shape index (κ3) is 5.32. The van der Waals surface area contributed by atoms with E-state index in [0.717, 1.165) is 37.7 Å². The second-order valence-corrected chi connectivity index (χ2v) is 6.29. The largest absolute Gasteiger partial charge is 0.386 e. The van der Waals surface area contributed by atoms with Gasteiger partial charge in [-0.3, -0.25) is 0 Å². The van der Waals surface area contributed by atoms with Gasteiger partial charge in [0.05, 0.1) is 37.0 Å². The molecule has 0 unspecified atom stereocenters. The number of ether oxygens (including phenoxy) is 1. The van der Waals surface area contributed by atoms with Gasteiger partial charge >= 0.3 is 0 Å². The van der Waals surface area contributed by atoms with Crippen LogP contribution in [-0.4, -0.2) is 53.5 Å². The predicted octanol–water partition coefficient (Wildman–Crippen LogP) is 1.80. The minimum absolute atomic E-state index is 0.280. The molecule has 1 aliphatic heterocycles. The Bertz CT molecular complexity index is 754. The van der Waals surface area contributed by atoms with Crippen LogP contribution in [0.25, 0.3) is 0 Å². The average molecular weight is 368 g/mol. The summed E-state index contributed by atoms with van der Waals surface area (Å²) in [6.45, 7) is 3.83. The van der Waals surface area contributed by atoms with E-state index in [4.69, 9.17) is 10.00 Å². The topological polar surface area (TPSA) is 121 Å². The third-order valence-corrected chi connectivity index (χ3v) is 4.45. The summed E-state index contributed by atoms with van der Waals surface area (Å²) in [6.07, 6.45) is 6.53. The fraction of sp³-hybridized carbons (Fsp3) is 0.500. The van der Waals surface area contributed by atoms with Crippen LogP contribution in [0.2, 0.25) is 0 Å². The highest BCUT2D eigenvalue weighted by atomic mass is 16.5. The molecule has 1 saturated carbocycles. The van der Waals surface area contributed by atoms with E-state index in [1.807, 2.05) is 19.2 Å². The van der Waals surface area contributed by atoms with Gasteiger partial charge < -0.3 is 20.7 Å². The zero-order valence-electron chi connectivity index (χ0n) is 15.4. The molecule has 4 rings (SSSR count). The van der Waals surface area contributed by atoms with Gasteiger partial charge in [-0.15, -0.1) is 5.10 Å². The summed E-state index contributed by atoms with van der Waals surface area (Å²) in [5, 5.41) is 26.6. The van der Waals surface area contributed by atoms with E-state index in [2.05, 4.69) is 36.1 Å². The van der Waals surface area contributed by atoms with Gasteiger partial charge in [0.2, 0.25) is 0 Å². The van der Waals surface area contributed by atoms with Crippen molar-refractivity contribution in [3.8, 4) is 6.07 Å². The lowest BCUT2D eigenvalue weighted by atomic mass is 9.82. The van der Waals surface area contributed by atoms with Crippen LogP contribution in [-0.2, 0) is 4.74 Å². The molecule has 9 heteroatoms. The van der Waals surface area contributed by atoms with E-state index in [1.54, 1.807) is 0 Å². The number of rotatable bonds is 4. The van der Waals surface area contributed by atoms with E-state index >= 15 is 0 Å². The summed E-state index contributed by atoms with van der Waals surface area (Å²) in [6, 6.07) is 3.85. The molecule has 3 heterocycles. The molecule has 0 amide bonds. The Labute approximate surface area is 158 Å². The second kappa shape index (κ2) is 9.75. The van der Waals surface area contributed by atoms with Gasteiger partial charge in [-0.25, -0.2) is 9.97 Å². The van der Waals surface area contributed by atoms with Crippen LogP contribution in [0.4, 0.5) is 17.3 Å². The van der Waals surface area contributed by atoms with Crippen molar-refractivity contribution in [2.75, 3.05) is 44.0 Å². The molecule has 2 aromatic heterocycles. The van der Waals surface area contributed by atoms with Crippen molar-refractivity contribution in [2.24, 2.45) is 0 Å². The fourth-order valence-corrected chi connectivity index (χ4v) is 2.74. The Hall–Kier alpha value is -2.83. The highest BCUT2D eigenvalue weighted by Crippen LogP contribution is 2.38. The molecule has 0 atom stereocenters. The zero-order valence-corrected chi connectivity index (χ0v) is 15.4. The molecular formula is C18H24N8O. The Balaban J connectivity index is 0.000000299. The summed E-state index contributed by atoms with van der Waals surface area (Å²) in [5.41, 5.74) is 2.29. The highest BCUT2D eigenvalue weighted by Gasteiger charge is 2.24. The van der Waals surface area contributed by atoms with E-state index in [1.165, 1.54) is 31.7 Å². The summed E-state index contributed by atoms with van der Waals surface area (Å²) in [4.78, 5) is 8.06. The van der Waals surface area contributed by atoms with Gasteiger partial charge in [0, 0.05) is 32.1 Å². The lowest BCUT2D eigenvalue weighted by Crippen LogP contribution is -2.30. The van der Waals surface area contributed by atoms with Crippen molar-refractivity contribution in [1.29, 1.82) is 5.26 Å². The van der Waals surface area contributed by atoms with E-state index in [-0.39, 0.29) is 5.69 Å². The number of nitrogens with one attached hydrogen (secondary N) is 3. The first-order valence-electron chi connectivity index (χ1n) is 9.13. The van der Waals surface area contributed by atoms with Gasteiger partial charge in [0.25, 0.3) is 0 Å². The number of aromatic nitrogens is 4. The second-order valence-electron chi connectivity index (χ2n) is 6.29. The molecule has 1 aliphatic carbocycles. The molecule has 0 radical (unpaired) electrons. The minimum atomic E-state index is 0.280. The number of morpholine rings is 1. The Kier molecular flexibility index (Phi) is 6.84. The van der Waals surface area contributed by atoms with Crippen LogP contribution in [0.3, 0.4) is 0 Å². The van der Waals surface area contributed by atoms with Crippen LogP contribution in [0.1, 0.15) is 36.6 Å². The normalized spacial score (nSPS) is 16.3. The van der Waals surface area contributed by atoms with E-state index < -0.39 is 0 Å². The Morgan fingerprint density at radius 3 is 2.44 bits per heavy atom. The molecule has 0 bridgehead atoms. The zero-order chi connectivity index (χ0) is 18.9. The van der Waals surface area contributed by atoms with Gasteiger partial charge in [-0.05, 0) is 12.8 Å². The molecular weight excluding hydrogens is 344 g/mol. The number of nitriles is 1. The van der Waals surface area contributed by atoms with Crippen molar-refractivity contribution < 1.29 is 4.74 Å². The average Bonchev–Trinajstić information content (AvgIpc) is 2.70. The molecule has 1 saturated heterocycles. The molecule has 2 aromatic rings. The van der Waals surface area contributed by atoms with Crippen molar-refractivity contribution in [3.05, 3.63) is 29.8 Å². The molecule has 0 spiro atoms. The Morgan fingerprint density at radius 2 is 1.96 bits per heavy atom. The van der Waals surface area contributed by atoms with Crippen molar-refractivity contribution >= 4 is 17.3 Å². The number of anilines is 3. The molecule has 2 fully saturated rings. The molecule has 27 heavy (non-hydrogen) atoms. The summed E-state index contributed by atoms with van der Waals surface area (Å²) < 4.78 is 5.01. The van der Waals surface area contributed by atoms with Gasteiger partial charge in [0.1, 0.15) is 11.9 Å². The quantitative estimate of drug-likeness (QED) is 0.741. The lowest BCUT2D eigenvalue weighted by molar-refractivity contribution is 0.109. The van der Waals surface area contributed by atoms with Crippen LogP contribution >= 0.6 is 0 Å². The smallest absolute Gasteiger partial charge is 0.158 e. The van der Waals surface area contributed by atoms with Crippen molar-refractivity contribution in [1.82, 2.24) is 25.5 Å². The number of hydrogen-bond acceptors (Lipinski definition) is 9. The van der Waals surface area contributed by atoms with Crippen LogP contribution in [0.15, 0.2) is 18.5 Å². The highest BCUT2D eigenvalue weighted by molar-refractivity contribution is 5.59. The van der Waals surface area contributed by atoms with E-state index in [9.17, 15) is 0 Å². The van der Waals surface area contributed by atoms with Crippen LogP contribution < -0.4 is 16.0 Å². The summed E-state index contributed by atoms with van der Waals surface area (Å²) >= 11 is 0. The van der Waals surface area contributed by atoms with Crippen LogP contribution in [0, 0.1) is 11.3 Å². The maximum Gasteiger partial charge on any atom is 0.158 e. The molecule has 3 N–H and O–H groups in total. The van der Waals surface area contributed by atoms with Crippen LogP contribution in [0.5, 0.6) is 0 Å². The summed E-state index contributed by atoms with van der Waals surface area (Å²) in [7, 11) is 1.88. The number of hydrogen-bond donors (Lipinski definition) is 3. The monoisotopic (exact) mass is 368 g/mol. The predicted molar refractivity (Wildman–Crippen MR) is 102 cm³/mol. The SMILES string of the molecule is C1COCCN1.CNc1cc(Nc2cnc(C#N)cn2)nnc1C1CCC1. The summed E-state index contributed by atoms with van der Waals surface area (Å²) in [5.74, 6) is 1.65. The standard InChI is InChI=1S/C14H15N7.C4H9NO/c1-16-11-5-12(20-21-14(11)9-3-2-4-9)19-13-8-17-10(6-15)7-18-13;1-3-6-4-2-5-1/h5,7-9H,2-4H2,1H3,(H2,16,18,19,20);5H,1-4H2. The maximum absolute atomic E-state index is 8.69. The minimum Gasteiger partial charge on any atom is -0.386 e. The maximum atomic E-state index is 8.69. The molecule has 9 nitrogen and oxygen atoms in total. The van der Waals surface area contributed by atoms with Crippen molar-refractivity contribution in [2.45, 2.75) is 25.2 Å². The lowest BCUT2D eigenvalue weighted by Gasteiger charge is -2.26. The van der Waals surface area contributed by atoms with Crippen molar-refractivity contribution in [3.63, 3.8) is 0 Å². The number of nitrogens with zero attached hydrogens (tertiary/aromatic N) is 5. The van der Waals surface area contributed by atoms with Gasteiger partial charge in [0.15, 0.2) is 11.5 Å². The van der Waals surface area contributed by atoms with Gasteiger partial charge in [-0.2, -0.15) is 10.4 Å². The molecule has 0 aromatic carbocycles. The van der Waals surface area contributed by atoms with Gasteiger partial charge in [-0.1, -0.05) is 6.42 Å². The third-order valence-electron chi connectivity index (χ3n) is 4.45. The first kappa shape index (κ1) is 18.9. The molecule has 2 aliphatic rings.